The van der Waals surface area contributed by atoms with Gasteiger partial charge in [-0.1, -0.05) is 18.2 Å². The van der Waals surface area contributed by atoms with E-state index in [0.29, 0.717) is 0 Å². The van der Waals surface area contributed by atoms with Gasteiger partial charge in [0.05, 0.1) is 6.61 Å². The predicted molar refractivity (Wildman–Crippen MR) is 64.6 cm³/mol. The van der Waals surface area contributed by atoms with Crippen LogP contribution in [-0.4, -0.2) is 6.61 Å². The Morgan fingerprint density at radius 2 is 2.33 bits per heavy atom. The molecule has 2 nitrogen and oxygen atoms in total. The van der Waals surface area contributed by atoms with Crippen molar-refractivity contribution in [2.75, 3.05) is 6.61 Å². The molecule has 1 heterocycles. The minimum Gasteiger partial charge on any atom is -0.493 e. The SMILES string of the molecule is C=CC[C@@H](N)c1ccc2c(c1)CCO2.Cl. The van der Waals surface area contributed by atoms with Gasteiger partial charge in [0.1, 0.15) is 5.75 Å². The van der Waals surface area contributed by atoms with Crippen LogP contribution in [0.4, 0.5) is 0 Å². The Labute approximate surface area is 96.5 Å². The van der Waals surface area contributed by atoms with E-state index in [4.69, 9.17) is 10.5 Å². The molecular weight excluding hydrogens is 210 g/mol. The molecule has 2 rings (SSSR count). The van der Waals surface area contributed by atoms with Gasteiger partial charge in [0.25, 0.3) is 0 Å². The lowest BCUT2D eigenvalue weighted by Gasteiger charge is -2.10. The van der Waals surface area contributed by atoms with Crippen molar-refractivity contribution in [2.45, 2.75) is 18.9 Å². The fraction of sp³-hybridized carbons (Fsp3) is 0.333. The summed E-state index contributed by atoms with van der Waals surface area (Å²) in [6.07, 6.45) is 3.68. The van der Waals surface area contributed by atoms with Crippen molar-refractivity contribution in [1.82, 2.24) is 0 Å². The van der Waals surface area contributed by atoms with Crippen molar-refractivity contribution >= 4 is 12.4 Å². The molecular formula is C12H16ClNO. The van der Waals surface area contributed by atoms with E-state index < -0.39 is 0 Å². The van der Waals surface area contributed by atoms with Crippen LogP contribution in [0.1, 0.15) is 23.6 Å². The number of nitrogens with two attached hydrogens (primary N) is 1. The summed E-state index contributed by atoms with van der Waals surface area (Å²) in [4.78, 5) is 0. The first-order chi connectivity index (χ1) is 6.81. The molecule has 0 unspecified atom stereocenters. The molecule has 1 aromatic carbocycles. The van der Waals surface area contributed by atoms with E-state index in [1.807, 2.05) is 18.2 Å². The highest BCUT2D eigenvalue weighted by Gasteiger charge is 2.13. The molecule has 0 saturated heterocycles. The number of ether oxygens (including phenoxy) is 1. The zero-order chi connectivity index (χ0) is 9.97. The van der Waals surface area contributed by atoms with Gasteiger partial charge in [-0.25, -0.2) is 0 Å². The van der Waals surface area contributed by atoms with Crippen LogP contribution >= 0.6 is 12.4 Å². The van der Waals surface area contributed by atoms with Crippen molar-refractivity contribution in [3.05, 3.63) is 42.0 Å². The van der Waals surface area contributed by atoms with Gasteiger partial charge in [-0.2, -0.15) is 0 Å². The Bertz CT molecular complexity index is 351. The summed E-state index contributed by atoms with van der Waals surface area (Å²) in [6.45, 7) is 4.50. The summed E-state index contributed by atoms with van der Waals surface area (Å²) in [7, 11) is 0. The molecule has 1 aliphatic heterocycles. The van der Waals surface area contributed by atoms with Crippen molar-refractivity contribution in [2.24, 2.45) is 5.73 Å². The number of hydrogen-bond donors (Lipinski definition) is 1. The zero-order valence-electron chi connectivity index (χ0n) is 8.61. The van der Waals surface area contributed by atoms with Crippen LogP contribution < -0.4 is 10.5 Å². The number of benzene rings is 1. The van der Waals surface area contributed by atoms with E-state index in [-0.39, 0.29) is 18.4 Å². The van der Waals surface area contributed by atoms with E-state index in [1.54, 1.807) is 0 Å². The lowest BCUT2D eigenvalue weighted by atomic mass is 10.0. The molecule has 0 radical (unpaired) electrons. The molecule has 1 aromatic rings. The highest BCUT2D eigenvalue weighted by Crippen LogP contribution is 2.28. The minimum atomic E-state index is 0. The largest absolute Gasteiger partial charge is 0.493 e. The number of halogens is 1. The molecule has 0 aliphatic carbocycles. The predicted octanol–water partition coefficient (Wildman–Crippen LogP) is 2.62. The molecule has 0 spiro atoms. The fourth-order valence-electron chi connectivity index (χ4n) is 1.75. The maximum Gasteiger partial charge on any atom is 0.122 e. The van der Waals surface area contributed by atoms with Gasteiger partial charge in [-0.3, -0.25) is 0 Å². The van der Waals surface area contributed by atoms with Crippen molar-refractivity contribution < 1.29 is 4.74 Å². The Hall–Kier alpha value is -0.990. The summed E-state index contributed by atoms with van der Waals surface area (Å²) in [6, 6.07) is 6.27. The average Bonchev–Trinajstić information content (AvgIpc) is 2.64. The fourth-order valence-corrected chi connectivity index (χ4v) is 1.75. The van der Waals surface area contributed by atoms with Gasteiger partial charge in [0.2, 0.25) is 0 Å². The molecule has 0 fully saturated rings. The summed E-state index contributed by atoms with van der Waals surface area (Å²) >= 11 is 0. The summed E-state index contributed by atoms with van der Waals surface area (Å²) in [5, 5.41) is 0. The van der Waals surface area contributed by atoms with E-state index >= 15 is 0 Å². The number of rotatable bonds is 3. The highest BCUT2D eigenvalue weighted by atomic mass is 35.5. The van der Waals surface area contributed by atoms with Crippen LogP contribution in [0, 0.1) is 0 Å². The van der Waals surface area contributed by atoms with Crippen molar-refractivity contribution in [1.29, 1.82) is 0 Å². The third kappa shape index (κ3) is 2.52. The van der Waals surface area contributed by atoms with Gasteiger partial charge in [-0.15, -0.1) is 19.0 Å². The molecule has 82 valence electrons. The van der Waals surface area contributed by atoms with E-state index in [1.165, 1.54) is 11.1 Å². The Morgan fingerprint density at radius 1 is 1.53 bits per heavy atom. The molecule has 0 amide bonds. The van der Waals surface area contributed by atoms with Crippen LogP contribution in [0.3, 0.4) is 0 Å². The minimum absolute atomic E-state index is 0. The normalized spacial score (nSPS) is 14.7. The molecule has 15 heavy (non-hydrogen) atoms. The van der Waals surface area contributed by atoms with E-state index in [9.17, 15) is 0 Å². The van der Waals surface area contributed by atoms with Crippen LogP contribution in [0.5, 0.6) is 5.75 Å². The lowest BCUT2D eigenvalue weighted by molar-refractivity contribution is 0.357. The number of fused-ring (bicyclic) bond motifs is 1. The number of hydrogen-bond acceptors (Lipinski definition) is 2. The van der Waals surface area contributed by atoms with Gasteiger partial charge >= 0.3 is 0 Å². The molecule has 1 aliphatic rings. The topological polar surface area (TPSA) is 35.2 Å². The first-order valence-corrected chi connectivity index (χ1v) is 4.93. The van der Waals surface area contributed by atoms with Crippen molar-refractivity contribution in [3.63, 3.8) is 0 Å². The zero-order valence-corrected chi connectivity index (χ0v) is 9.43. The Kier molecular flexibility index (Phi) is 4.18. The third-order valence-electron chi connectivity index (χ3n) is 2.56. The summed E-state index contributed by atoms with van der Waals surface area (Å²) in [5.41, 5.74) is 8.44. The van der Waals surface area contributed by atoms with Crippen molar-refractivity contribution in [3.8, 4) is 5.75 Å². The Morgan fingerprint density at radius 3 is 3.07 bits per heavy atom. The lowest BCUT2D eigenvalue weighted by Crippen LogP contribution is -2.08. The van der Waals surface area contributed by atoms with Gasteiger partial charge in [0.15, 0.2) is 0 Å². The molecule has 3 heteroatoms. The standard InChI is InChI=1S/C12H15NO.ClH/c1-2-3-11(13)9-4-5-12-10(8-9)6-7-14-12;/h2,4-5,8,11H,1,3,6-7,13H2;1H/t11-;/m1./s1. The maximum atomic E-state index is 5.99. The first kappa shape index (κ1) is 12.1. The Balaban J connectivity index is 0.00000112. The maximum absolute atomic E-state index is 5.99. The molecule has 2 N–H and O–H groups in total. The summed E-state index contributed by atoms with van der Waals surface area (Å²) < 4.78 is 5.43. The smallest absolute Gasteiger partial charge is 0.122 e. The average molecular weight is 226 g/mol. The van der Waals surface area contributed by atoms with Gasteiger partial charge < -0.3 is 10.5 Å². The first-order valence-electron chi connectivity index (χ1n) is 4.93. The molecule has 1 atom stereocenters. The van der Waals surface area contributed by atoms with Crippen LogP contribution in [-0.2, 0) is 6.42 Å². The third-order valence-corrected chi connectivity index (χ3v) is 2.56. The van der Waals surface area contributed by atoms with Gasteiger partial charge in [-0.05, 0) is 23.6 Å². The molecule has 0 bridgehead atoms. The molecule has 0 aromatic heterocycles. The molecule has 0 saturated carbocycles. The quantitative estimate of drug-likeness (QED) is 0.803. The van der Waals surface area contributed by atoms with E-state index in [0.717, 1.165) is 25.2 Å². The van der Waals surface area contributed by atoms with E-state index in [2.05, 4.69) is 12.6 Å². The van der Waals surface area contributed by atoms with Crippen LogP contribution in [0.15, 0.2) is 30.9 Å². The second-order valence-corrected chi connectivity index (χ2v) is 3.60. The van der Waals surface area contributed by atoms with Gasteiger partial charge in [0, 0.05) is 12.5 Å². The monoisotopic (exact) mass is 225 g/mol. The van der Waals surface area contributed by atoms with Crippen LogP contribution in [0.2, 0.25) is 0 Å². The highest BCUT2D eigenvalue weighted by molar-refractivity contribution is 5.85. The summed E-state index contributed by atoms with van der Waals surface area (Å²) in [5.74, 6) is 1.01. The second kappa shape index (κ2) is 5.19. The van der Waals surface area contributed by atoms with Crippen LogP contribution in [0.25, 0.3) is 0 Å². The second-order valence-electron chi connectivity index (χ2n) is 3.60.